The van der Waals surface area contributed by atoms with E-state index in [0.717, 1.165) is 18.7 Å². The molecule has 0 amide bonds. The fourth-order valence-electron chi connectivity index (χ4n) is 1.35. The van der Waals surface area contributed by atoms with E-state index in [-0.39, 0.29) is 0 Å². The molecule has 3 nitrogen and oxygen atoms in total. The van der Waals surface area contributed by atoms with Crippen LogP contribution in [0.4, 0.5) is 0 Å². The third-order valence-corrected chi connectivity index (χ3v) is 2.94. The molecule has 0 aliphatic carbocycles. The van der Waals surface area contributed by atoms with Crippen LogP contribution in [0.3, 0.4) is 0 Å². The van der Waals surface area contributed by atoms with Crippen LogP contribution in [-0.2, 0) is 0 Å². The number of nitrogens with zero attached hydrogens (tertiary/aromatic N) is 1. The lowest BCUT2D eigenvalue weighted by molar-refractivity contribution is 0.468. The van der Waals surface area contributed by atoms with Gasteiger partial charge in [-0.25, -0.2) is 0 Å². The minimum Gasteiger partial charge on any atom is -0.401 e. The van der Waals surface area contributed by atoms with Crippen molar-refractivity contribution in [3.8, 4) is 0 Å². The zero-order valence-corrected chi connectivity index (χ0v) is 11.5. The number of hydrogen-bond acceptors (Lipinski definition) is 2. The Morgan fingerprint density at radius 3 is 2.53 bits per heavy atom. The molecule has 0 heterocycles. The molecular formula is C14H25N3. The molecule has 0 aromatic rings. The summed E-state index contributed by atoms with van der Waals surface area (Å²) in [6.07, 6.45) is 6.27. The highest BCUT2D eigenvalue weighted by Gasteiger charge is 2.11. The highest BCUT2D eigenvalue weighted by atomic mass is 15.1. The lowest BCUT2D eigenvalue weighted by atomic mass is 10.0. The fraction of sp³-hybridized carbons (Fsp3) is 0.500. The molecule has 3 N–H and O–H groups in total. The summed E-state index contributed by atoms with van der Waals surface area (Å²) in [5.41, 5.74) is 7.92. The van der Waals surface area contributed by atoms with Gasteiger partial charge in [0.2, 0.25) is 0 Å². The fourth-order valence-corrected chi connectivity index (χ4v) is 1.35. The monoisotopic (exact) mass is 235 g/mol. The first-order valence-corrected chi connectivity index (χ1v) is 6.02. The van der Waals surface area contributed by atoms with Gasteiger partial charge < -0.3 is 10.6 Å². The third kappa shape index (κ3) is 5.38. The number of rotatable bonds is 6. The largest absolute Gasteiger partial charge is 0.401 e. The van der Waals surface area contributed by atoms with Crippen LogP contribution < -0.4 is 5.73 Å². The smallest absolute Gasteiger partial charge is 0.124 e. The van der Waals surface area contributed by atoms with Gasteiger partial charge in [-0.2, -0.15) is 0 Å². The number of nitrogens with one attached hydrogen (secondary N) is 1. The van der Waals surface area contributed by atoms with E-state index in [2.05, 4.69) is 26.5 Å². The molecule has 0 aliphatic heterocycles. The molecule has 0 radical (unpaired) electrons. The Bertz CT molecular complexity index is 326. The van der Waals surface area contributed by atoms with Crippen LogP contribution in [-0.4, -0.2) is 17.3 Å². The molecule has 0 aromatic heterocycles. The lowest BCUT2D eigenvalue weighted by Gasteiger charge is -2.24. The normalized spacial score (nSPS) is 14.4. The third-order valence-electron chi connectivity index (χ3n) is 2.94. The predicted octanol–water partition coefficient (Wildman–Crippen LogP) is 3.26. The van der Waals surface area contributed by atoms with Gasteiger partial charge in [-0.1, -0.05) is 32.1 Å². The van der Waals surface area contributed by atoms with Crippen molar-refractivity contribution >= 4 is 5.84 Å². The van der Waals surface area contributed by atoms with E-state index < -0.39 is 0 Å². The topological polar surface area (TPSA) is 53.1 Å². The molecule has 0 spiro atoms. The van der Waals surface area contributed by atoms with Gasteiger partial charge >= 0.3 is 0 Å². The Labute approximate surface area is 105 Å². The highest BCUT2D eigenvalue weighted by Crippen LogP contribution is 2.13. The van der Waals surface area contributed by atoms with Crippen molar-refractivity contribution in [3.63, 3.8) is 0 Å². The lowest BCUT2D eigenvalue weighted by Crippen LogP contribution is -2.29. The maximum atomic E-state index is 7.84. The van der Waals surface area contributed by atoms with E-state index in [1.807, 2.05) is 24.9 Å². The van der Waals surface area contributed by atoms with Crippen molar-refractivity contribution in [2.75, 3.05) is 6.54 Å². The van der Waals surface area contributed by atoms with Gasteiger partial charge in [0.1, 0.15) is 5.84 Å². The highest BCUT2D eigenvalue weighted by molar-refractivity contribution is 5.90. The first kappa shape index (κ1) is 15.5. The molecule has 96 valence electrons. The van der Waals surface area contributed by atoms with E-state index in [4.69, 9.17) is 11.1 Å². The molecule has 0 aromatic carbocycles. The van der Waals surface area contributed by atoms with E-state index in [0.29, 0.717) is 11.8 Å². The maximum absolute atomic E-state index is 7.84. The van der Waals surface area contributed by atoms with Gasteiger partial charge in [-0.05, 0) is 32.3 Å². The minimum atomic E-state index is 0.386. The van der Waals surface area contributed by atoms with Gasteiger partial charge in [-0.15, -0.1) is 0 Å². The molecular weight excluding hydrogens is 210 g/mol. The molecule has 17 heavy (non-hydrogen) atoms. The van der Waals surface area contributed by atoms with E-state index in [1.54, 1.807) is 0 Å². The average molecular weight is 235 g/mol. The molecule has 0 fully saturated rings. The maximum Gasteiger partial charge on any atom is 0.124 e. The first-order valence-electron chi connectivity index (χ1n) is 6.02. The van der Waals surface area contributed by atoms with Crippen LogP contribution in [0.2, 0.25) is 0 Å². The molecule has 3 heteroatoms. The molecule has 1 unspecified atom stereocenters. The summed E-state index contributed by atoms with van der Waals surface area (Å²) in [5, 5.41) is 7.84. The van der Waals surface area contributed by atoms with Gasteiger partial charge in [-0.3, -0.25) is 5.41 Å². The molecule has 0 saturated heterocycles. The summed E-state index contributed by atoms with van der Waals surface area (Å²) in [6, 6.07) is 0. The van der Waals surface area contributed by atoms with Gasteiger partial charge in [0.15, 0.2) is 0 Å². The van der Waals surface area contributed by atoms with Gasteiger partial charge in [0, 0.05) is 18.4 Å². The Kier molecular flexibility index (Phi) is 7.03. The van der Waals surface area contributed by atoms with Crippen LogP contribution >= 0.6 is 0 Å². The summed E-state index contributed by atoms with van der Waals surface area (Å²) in [7, 11) is 0. The Hall–Kier alpha value is -1.51. The summed E-state index contributed by atoms with van der Waals surface area (Å²) < 4.78 is 0. The number of allylic oxidation sites excluding steroid dienone is 2. The quantitative estimate of drug-likeness (QED) is 0.422. The van der Waals surface area contributed by atoms with Gasteiger partial charge in [0.05, 0.1) is 0 Å². The van der Waals surface area contributed by atoms with Crippen molar-refractivity contribution < 1.29 is 0 Å². The van der Waals surface area contributed by atoms with E-state index >= 15 is 0 Å². The predicted molar refractivity (Wildman–Crippen MR) is 75.8 cm³/mol. The van der Waals surface area contributed by atoms with Crippen molar-refractivity contribution in [1.82, 2.24) is 4.90 Å². The van der Waals surface area contributed by atoms with Crippen LogP contribution in [0.5, 0.6) is 0 Å². The van der Waals surface area contributed by atoms with Crippen molar-refractivity contribution in [2.24, 2.45) is 11.7 Å². The summed E-state index contributed by atoms with van der Waals surface area (Å²) >= 11 is 0. The number of amidine groups is 1. The summed E-state index contributed by atoms with van der Waals surface area (Å²) in [5.74, 6) is 0.776. The van der Waals surface area contributed by atoms with Gasteiger partial charge in [0.25, 0.3) is 0 Å². The summed E-state index contributed by atoms with van der Waals surface area (Å²) in [4.78, 5) is 1.85. The van der Waals surface area contributed by atoms with Crippen molar-refractivity contribution in [3.05, 3.63) is 36.2 Å². The molecule has 0 saturated carbocycles. The Morgan fingerprint density at radius 1 is 1.53 bits per heavy atom. The second-order valence-electron chi connectivity index (χ2n) is 4.23. The Balaban J connectivity index is 4.84. The first-order chi connectivity index (χ1) is 7.96. The van der Waals surface area contributed by atoms with E-state index in [9.17, 15) is 0 Å². The molecule has 0 bridgehead atoms. The van der Waals surface area contributed by atoms with Crippen LogP contribution in [0.25, 0.3) is 0 Å². The summed E-state index contributed by atoms with van der Waals surface area (Å²) in [6.45, 7) is 12.7. The van der Waals surface area contributed by atoms with E-state index in [1.165, 1.54) is 11.6 Å². The minimum absolute atomic E-state index is 0.386. The van der Waals surface area contributed by atoms with Crippen LogP contribution in [0, 0.1) is 11.3 Å². The SMILES string of the molecule is C=CC(=N)N(/C=C(\N)CC)CC(C)/C(C)=C\C. The van der Waals surface area contributed by atoms with Crippen molar-refractivity contribution in [2.45, 2.75) is 34.1 Å². The average Bonchev–Trinajstić information content (AvgIpc) is 2.35. The van der Waals surface area contributed by atoms with Crippen LogP contribution in [0.15, 0.2) is 36.2 Å². The second kappa shape index (κ2) is 7.71. The van der Waals surface area contributed by atoms with Crippen molar-refractivity contribution in [1.29, 1.82) is 5.41 Å². The molecule has 1 atom stereocenters. The standard InChI is InChI=1S/C14H25N3/c1-6-11(4)12(5)9-17(14(16)8-3)10-13(15)7-2/h6,8,10,12,16H,3,7,9,15H2,1-2,4-5H3/b11-6-,13-10-,16-14?. The Morgan fingerprint density at radius 2 is 2.12 bits per heavy atom. The number of nitrogens with two attached hydrogens (primary N) is 1. The second-order valence-corrected chi connectivity index (χ2v) is 4.23. The zero-order chi connectivity index (χ0) is 13.4. The molecule has 0 rings (SSSR count). The zero-order valence-electron chi connectivity index (χ0n) is 11.5. The number of hydrogen-bond donors (Lipinski definition) is 2. The van der Waals surface area contributed by atoms with Crippen LogP contribution in [0.1, 0.15) is 34.1 Å². The molecule has 0 aliphatic rings.